The number of hydrogen-bond acceptors (Lipinski definition) is 4. The van der Waals surface area contributed by atoms with E-state index in [1.165, 1.54) is 18.3 Å². The van der Waals surface area contributed by atoms with Crippen LogP contribution in [0.5, 0.6) is 0 Å². The second-order valence-corrected chi connectivity index (χ2v) is 8.72. The van der Waals surface area contributed by atoms with Gasteiger partial charge in [0.15, 0.2) is 0 Å². The monoisotopic (exact) mass is 410 g/mol. The minimum absolute atomic E-state index is 0.0951. The molecule has 0 radical (unpaired) electrons. The van der Waals surface area contributed by atoms with Gasteiger partial charge < -0.3 is 0 Å². The summed E-state index contributed by atoms with van der Waals surface area (Å²) in [4.78, 5) is 16.6. The first-order valence-corrected chi connectivity index (χ1v) is 10.7. The molecule has 0 spiro atoms. The Labute approximate surface area is 168 Å². The maximum atomic E-state index is 13.1. The Bertz CT molecular complexity index is 1190. The molecule has 0 saturated heterocycles. The summed E-state index contributed by atoms with van der Waals surface area (Å²) in [6, 6.07) is 15.0. The van der Waals surface area contributed by atoms with Gasteiger partial charge in [-0.05, 0) is 60.2 Å². The van der Waals surface area contributed by atoms with Gasteiger partial charge in [0, 0.05) is 11.8 Å². The highest BCUT2D eigenvalue weighted by Gasteiger charge is 2.33. The van der Waals surface area contributed by atoms with Gasteiger partial charge in [0.1, 0.15) is 0 Å². The molecule has 1 unspecified atom stereocenters. The smallest absolute Gasteiger partial charge is 0.264 e. The molecule has 2 aromatic carbocycles. The van der Waals surface area contributed by atoms with Gasteiger partial charge in [-0.1, -0.05) is 36.4 Å². The second-order valence-electron chi connectivity index (χ2n) is 7.07. The molecule has 0 fully saturated rings. The molecule has 1 N–H and O–H groups in total. The number of nitrogens with one attached hydrogen (secondary N) is 1. The Kier molecular flexibility index (Phi) is 4.92. The summed E-state index contributed by atoms with van der Waals surface area (Å²) in [5.41, 5.74) is 3.98. The Balaban J connectivity index is 1.63. The summed E-state index contributed by atoms with van der Waals surface area (Å²) in [5.74, 6) is -1.65. The fourth-order valence-corrected chi connectivity index (χ4v) is 5.12. The van der Waals surface area contributed by atoms with E-state index in [0.717, 1.165) is 22.3 Å². The molecule has 5 nitrogen and oxygen atoms in total. The summed E-state index contributed by atoms with van der Waals surface area (Å²) in [5, 5.41) is 0. The number of halogens is 1. The minimum Gasteiger partial charge on any atom is -0.273 e. The quantitative estimate of drug-likeness (QED) is 0.665. The van der Waals surface area contributed by atoms with Crippen LogP contribution in [0.1, 0.15) is 29.0 Å². The number of amides is 1. The normalized spacial score (nSPS) is 15.7. The van der Waals surface area contributed by atoms with E-state index in [2.05, 4.69) is 9.71 Å². The van der Waals surface area contributed by atoms with Gasteiger partial charge >= 0.3 is 0 Å². The van der Waals surface area contributed by atoms with Gasteiger partial charge in [0.25, 0.3) is 10.0 Å². The third-order valence-corrected chi connectivity index (χ3v) is 6.75. The molecule has 7 heteroatoms. The molecule has 0 saturated carbocycles. The Morgan fingerprint density at radius 1 is 1.10 bits per heavy atom. The molecule has 1 aromatic heterocycles. The number of aryl methyl sites for hydroxylation is 1. The van der Waals surface area contributed by atoms with Crippen molar-refractivity contribution in [1.29, 1.82) is 0 Å². The molecule has 0 aliphatic heterocycles. The predicted octanol–water partition coefficient (Wildman–Crippen LogP) is 3.73. The second kappa shape index (κ2) is 7.40. The van der Waals surface area contributed by atoms with Crippen LogP contribution in [0.15, 0.2) is 65.7 Å². The lowest BCUT2D eigenvalue weighted by molar-refractivity contribution is -0.120. The molecule has 3 aromatic rings. The van der Waals surface area contributed by atoms with E-state index in [9.17, 15) is 17.6 Å². The fourth-order valence-electron chi connectivity index (χ4n) is 3.85. The van der Waals surface area contributed by atoms with E-state index in [1.54, 1.807) is 31.2 Å². The molecule has 148 valence electrons. The lowest BCUT2D eigenvalue weighted by atomic mass is 9.95. The summed E-state index contributed by atoms with van der Waals surface area (Å²) >= 11 is 0. The highest BCUT2D eigenvalue weighted by atomic mass is 32.2. The molecule has 1 atom stereocenters. The van der Waals surface area contributed by atoms with Crippen LogP contribution in [-0.2, 0) is 21.2 Å². The SMILES string of the molecule is Cc1ccccc1S(=O)(=O)NC(=O)C1CCc2c(-c3ccc(F)nc3)cccc21. The number of fused-ring (bicyclic) bond motifs is 1. The van der Waals surface area contributed by atoms with E-state index in [0.29, 0.717) is 18.4 Å². The molecule has 4 rings (SSSR count). The molecule has 1 amide bonds. The number of nitrogens with zero attached hydrogens (tertiary/aromatic N) is 1. The molecular weight excluding hydrogens is 391 g/mol. The van der Waals surface area contributed by atoms with Gasteiger partial charge in [-0.3, -0.25) is 4.79 Å². The van der Waals surface area contributed by atoms with Crippen molar-refractivity contribution in [1.82, 2.24) is 9.71 Å². The first kappa shape index (κ1) is 19.3. The van der Waals surface area contributed by atoms with Gasteiger partial charge in [-0.25, -0.2) is 18.1 Å². The number of rotatable bonds is 4. The topological polar surface area (TPSA) is 76.1 Å². The number of carbonyl (C=O) groups is 1. The third kappa shape index (κ3) is 3.65. The maximum absolute atomic E-state index is 13.1. The minimum atomic E-state index is -3.95. The van der Waals surface area contributed by atoms with Crippen LogP contribution < -0.4 is 4.72 Å². The van der Waals surface area contributed by atoms with Crippen LogP contribution >= 0.6 is 0 Å². The van der Waals surface area contributed by atoms with Crippen LogP contribution in [-0.4, -0.2) is 19.3 Å². The molecule has 1 heterocycles. The lowest BCUT2D eigenvalue weighted by Gasteiger charge is -2.15. The van der Waals surface area contributed by atoms with Crippen LogP contribution in [0, 0.1) is 12.9 Å². The van der Waals surface area contributed by atoms with Gasteiger partial charge in [-0.15, -0.1) is 0 Å². The molecule has 29 heavy (non-hydrogen) atoms. The van der Waals surface area contributed by atoms with Crippen LogP contribution in [0.3, 0.4) is 0 Å². The fraction of sp³-hybridized carbons (Fsp3) is 0.182. The molecule has 1 aliphatic rings. The number of sulfonamides is 1. The first-order valence-electron chi connectivity index (χ1n) is 9.23. The molecule has 1 aliphatic carbocycles. The first-order chi connectivity index (χ1) is 13.9. The van der Waals surface area contributed by atoms with Crippen LogP contribution in [0.25, 0.3) is 11.1 Å². The maximum Gasteiger partial charge on any atom is 0.264 e. The van der Waals surface area contributed by atoms with E-state index in [1.807, 2.05) is 18.2 Å². The van der Waals surface area contributed by atoms with Crippen LogP contribution in [0.4, 0.5) is 4.39 Å². The zero-order chi connectivity index (χ0) is 20.6. The lowest BCUT2D eigenvalue weighted by Crippen LogP contribution is -2.34. The van der Waals surface area contributed by atoms with Crippen LogP contribution in [0.2, 0.25) is 0 Å². The zero-order valence-electron chi connectivity index (χ0n) is 15.7. The predicted molar refractivity (Wildman–Crippen MR) is 107 cm³/mol. The van der Waals surface area contributed by atoms with Crippen molar-refractivity contribution in [2.75, 3.05) is 0 Å². The van der Waals surface area contributed by atoms with Crippen molar-refractivity contribution in [2.24, 2.45) is 0 Å². The third-order valence-electron chi connectivity index (χ3n) is 5.24. The number of pyridine rings is 1. The van der Waals surface area contributed by atoms with Crippen molar-refractivity contribution in [2.45, 2.75) is 30.6 Å². The summed E-state index contributed by atoms with van der Waals surface area (Å²) in [7, 11) is -3.95. The summed E-state index contributed by atoms with van der Waals surface area (Å²) in [6.07, 6.45) is 2.60. The average Bonchev–Trinajstić information content (AvgIpc) is 3.13. The Hall–Kier alpha value is -3.06. The number of aromatic nitrogens is 1. The standard InChI is InChI=1S/C22H19FN2O3S/c1-14-5-2-3-8-20(14)29(27,28)25-22(26)19-11-10-18-16(6-4-7-17(18)19)15-9-12-21(23)24-13-15/h2-9,12-13,19H,10-11H2,1H3,(H,25,26). The highest BCUT2D eigenvalue weighted by Crippen LogP contribution is 2.39. The molecular formula is C22H19FN2O3S. The van der Waals surface area contributed by atoms with Crippen molar-refractivity contribution in [3.05, 3.63) is 83.4 Å². The van der Waals surface area contributed by atoms with E-state index in [-0.39, 0.29) is 4.90 Å². The van der Waals surface area contributed by atoms with E-state index in [4.69, 9.17) is 0 Å². The van der Waals surface area contributed by atoms with E-state index < -0.39 is 27.8 Å². The van der Waals surface area contributed by atoms with Gasteiger partial charge in [-0.2, -0.15) is 4.39 Å². The molecule has 0 bridgehead atoms. The van der Waals surface area contributed by atoms with Crippen molar-refractivity contribution >= 4 is 15.9 Å². The number of carbonyl (C=O) groups excluding carboxylic acids is 1. The Morgan fingerprint density at radius 2 is 1.90 bits per heavy atom. The highest BCUT2D eigenvalue weighted by molar-refractivity contribution is 7.90. The van der Waals surface area contributed by atoms with Gasteiger partial charge in [0.2, 0.25) is 11.9 Å². The van der Waals surface area contributed by atoms with Crippen molar-refractivity contribution in [3.63, 3.8) is 0 Å². The van der Waals surface area contributed by atoms with Crippen molar-refractivity contribution < 1.29 is 17.6 Å². The van der Waals surface area contributed by atoms with Crippen molar-refractivity contribution in [3.8, 4) is 11.1 Å². The van der Waals surface area contributed by atoms with Gasteiger partial charge in [0.05, 0.1) is 10.8 Å². The van der Waals surface area contributed by atoms with E-state index >= 15 is 0 Å². The average molecular weight is 410 g/mol. The summed E-state index contributed by atoms with van der Waals surface area (Å²) < 4.78 is 40.7. The number of benzene rings is 2. The summed E-state index contributed by atoms with van der Waals surface area (Å²) in [6.45, 7) is 1.69. The largest absolute Gasteiger partial charge is 0.273 e. The Morgan fingerprint density at radius 3 is 2.62 bits per heavy atom. The number of hydrogen-bond donors (Lipinski definition) is 1. The zero-order valence-corrected chi connectivity index (χ0v) is 16.5.